The van der Waals surface area contributed by atoms with Crippen LogP contribution in [0.2, 0.25) is 0 Å². The Kier molecular flexibility index (Phi) is 33.4. The molecule has 4 aromatic carbocycles. The molecule has 0 aromatic heterocycles. The smallest absolute Gasteiger partial charge is 0.252 e. The third-order valence-electron chi connectivity index (χ3n) is 4.30. The molecule has 218 valence electrons. The maximum absolute atomic E-state index is 11.8. The van der Waals surface area contributed by atoms with E-state index in [9.17, 15) is 9.59 Å². The highest BCUT2D eigenvalue weighted by Gasteiger charge is 2.05. The molecule has 40 heavy (non-hydrogen) atoms. The second kappa shape index (κ2) is 32.2. The molecule has 4 heteroatoms. The molecule has 0 unspecified atom stereocenters. The summed E-state index contributed by atoms with van der Waals surface area (Å²) in [7, 11) is 0. The highest BCUT2D eigenvalue weighted by molar-refractivity contribution is 9.08. The number of hydrogen-bond acceptors (Lipinski definition) is 2. The predicted molar refractivity (Wildman–Crippen MR) is 182 cm³/mol. The fraction of sp³-hybridized carbons (Fsp3) is 0.278. The van der Waals surface area contributed by atoms with E-state index in [1.165, 1.54) is 5.56 Å². The van der Waals surface area contributed by atoms with E-state index in [1.54, 1.807) is 24.3 Å². The summed E-state index contributed by atoms with van der Waals surface area (Å²) in [5, 5.41) is 0.545. The summed E-state index contributed by atoms with van der Waals surface area (Å²) in [4.78, 5) is 22.2. The van der Waals surface area contributed by atoms with Crippen LogP contribution in [0.3, 0.4) is 0 Å². The van der Waals surface area contributed by atoms with Crippen LogP contribution in [0.1, 0.15) is 87.2 Å². The van der Waals surface area contributed by atoms with Crippen molar-refractivity contribution in [3.8, 4) is 0 Å². The van der Waals surface area contributed by atoms with Gasteiger partial charge in [0.05, 0.1) is 0 Å². The van der Waals surface area contributed by atoms with Crippen molar-refractivity contribution < 1.29 is 9.59 Å². The summed E-state index contributed by atoms with van der Waals surface area (Å²) in [6.45, 7) is 16.0. The van der Waals surface area contributed by atoms with Crippen molar-refractivity contribution in [3.05, 3.63) is 144 Å². The van der Waals surface area contributed by atoms with Crippen molar-refractivity contribution in [2.45, 2.75) is 67.1 Å². The number of hydrogen-bond donors (Lipinski definition) is 0. The van der Waals surface area contributed by atoms with E-state index >= 15 is 0 Å². The summed E-state index contributed by atoms with van der Waals surface area (Å²) in [6.07, 6.45) is 0.477. The summed E-state index contributed by atoms with van der Waals surface area (Å²) >= 11 is 8.52. The molecule has 0 saturated carbocycles. The Morgan fingerprint density at radius 2 is 0.800 bits per heavy atom. The highest BCUT2D eigenvalue weighted by atomic mass is 79.9. The molecule has 0 radical (unpaired) electrons. The Hall–Kier alpha value is -3.01. The Balaban J connectivity index is -0.000000476. The van der Waals surface area contributed by atoms with Crippen molar-refractivity contribution in [2.75, 3.05) is 0 Å². The normalized spacial score (nSPS) is 8.15. The van der Waals surface area contributed by atoms with E-state index in [2.05, 4.69) is 28.1 Å². The first kappa shape index (κ1) is 41.5. The minimum absolute atomic E-state index is 0.168. The maximum Gasteiger partial charge on any atom is 0.252 e. The van der Waals surface area contributed by atoms with Crippen LogP contribution in [0.25, 0.3) is 0 Å². The van der Waals surface area contributed by atoms with Gasteiger partial charge in [0.15, 0.2) is 5.78 Å². The molecule has 0 aliphatic heterocycles. The van der Waals surface area contributed by atoms with E-state index in [1.807, 2.05) is 140 Å². The Morgan fingerprint density at radius 3 is 1.07 bits per heavy atom. The number of alkyl halides is 1. The largest absolute Gasteiger partial charge is 0.294 e. The van der Waals surface area contributed by atoms with Gasteiger partial charge in [0.25, 0.3) is 5.24 Å². The lowest BCUT2D eigenvalue weighted by Gasteiger charge is -2.00. The second-order valence-corrected chi connectivity index (χ2v) is 7.61. The average molecular weight is 628 g/mol. The molecule has 0 spiro atoms. The molecule has 4 rings (SSSR count). The summed E-state index contributed by atoms with van der Waals surface area (Å²) in [5.41, 5.74) is 3.71. The van der Waals surface area contributed by atoms with Gasteiger partial charge in [-0.15, -0.1) is 0 Å². The van der Waals surface area contributed by atoms with Crippen molar-refractivity contribution in [3.63, 3.8) is 0 Å². The number of rotatable bonds is 5. The Morgan fingerprint density at radius 1 is 0.500 bits per heavy atom. The minimum Gasteiger partial charge on any atom is -0.294 e. The minimum atomic E-state index is -0.407. The van der Waals surface area contributed by atoms with E-state index < -0.39 is 5.24 Å². The van der Waals surface area contributed by atoms with Crippen molar-refractivity contribution in [1.82, 2.24) is 0 Å². The molecular formula is C36H48BrClO2. The van der Waals surface area contributed by atoms with Crippen LogP contribution in [0.15, 0.2) is 121 Å². The van der Waals surface area contributed by atoms with Gasteiger partial charge in [-0.1, -0.05) is 193 Å². The van der Waals surface area contributed by atoms with Crippen LogP contribution in [-0.4, -0.2) is 11.0 Å². The molecule has 0 N–H and O–H groups in total. The van der Waals surface area contributed by atoms with Crippen LogP contribution in [0, 0.1) is 0 Å². The number of halogens is 2. The number of benzene rings is 4. The molecule has 0 bridgehead atoms. The van der Waals surface area contributed by atoms with Gasteiger partial charge in [-0.05, 0) is 22.7 Å². The van der Waals surface area contributed by atoms with Gasteiger partial charge >= 0.3 is 0 Å². The van der Waals surface area contributed by atoms with E-state index in [4.69, 9.17) is 11.6 Å². The predicted octanol–water partition coefficient (Wildman–Crippen LogP) is 11.9. The van der Waals surface area contributed by atoms with Gasteiger partial charge in [0.1, 0.15) is 0 Å². The summed E-state index contributed by atoms with van der Waals surface area (Å²) in [6, 6.07) is 38.2. The maximum atomic E-state index is 11.8. The lowest BCUT2D eigenvalue weighted by molar-refractivity contribution is 0.0992. The highest BCUT2D eigenvalue weighted by Crippen LogP contribution is 2.07. The van der Waals surface area contributed by atoms with Gasteiger partial charge in [-0.25, -0.2) is 0 Å². The third-order valence-corrected chi connectivity index (χ3v) is 5.17. The Labute approximate surface area is 258 Å². The van der Waals surface area contributed by atoms with Gasteiger partial charge in [-0.2, -0.15) is 0 Å². The zero-order valence-electron chi connectivity index (χ0n) is 25.5. The molecule has 4 aromatic rings. The second-order valence-electron chi connectivity index (χ2n) is 6.71. The van der Waals surface area contributed by atoms with E-state index in [-0.39, 0.29) is 5.78 Å². The molecule has 0 heterocycles. The molecular weight excluding hydrogens is 580 g/mol. The van der Waals surface area contributed by atoms with E-state index in [0.29, 0.717) is 12.0 Å². The standard InChI is InChI=1S/C14H12O.C7H7Br.C7H5ClO.4C2H6/c15-14(13-9-5-2-6-10-13)11-12-7-3-1-4-8-12;8-6-7-4-2-1-3-5-7;8-7(9)6-4-2-1-3-5-6;4*1-2/h1-10H,11H2;1-5H,6H2;1-5H;4*1-2H3. The monoisotopic (exact) mass is 626 g/mol. The average Bonchev–Trinajstić information content (AvgIpc) is 3.07. The van der Waals surface area contributed by atoms with Gasteiger partial charge in [0.2, 0.25) is 0 Å². The first-order valence-corrected chi connectivity index (χ1v) is 15.6. The molecule has 0 saturated heterocycles. The number of Topliss-reactive ketones (excluding diaryl/α,β-unsaturated/α-hetero) is 1. The first-order chi connectivity index (χ1) is 19.6. The third kappa shape index (κ3) is 21.9. The molecule has 0 amide bonds. The van der Waals surface area contributed by atoms with Gasteiger partial charge in [-0.3, -0.25) is 9.59 Å². The van der Waals surface area contributed by atoms with E-state index in [0.717, 1.165) is 16.5 Å². The number of carbonyl (C=O) groups excluding carboxylic acids is 2. The zero-order chi connectivity index (χ0) is 31.0. The summed E-state index contributed by atoms with van der Waals surface area (Å²) in [5.74, 6) is 0.168. The molecule has 0 aliphatic rings. The SMILES string of the molecule is BrCc1ccccc1.CC.CC.CC.CC.O=C(Cc1ccccc1)c1ccccc1.O=C(Cl)c1ccccc1. The lowest BCUT2D eigenvalue weighted by atomic mass is 10.0. The fourth-order valence-corrected chi connectivity index (χ4v) is 3.14. The molecule has 0 aliphatic carbocycles. The van der Waals surface area contributed by atoms with Crippen LogP contribution in [0.4, 0.5) is 0 Å². The van der Waals surface area contributed by atoms with Crippen LogP contribution in [0.5, 0.6) is 0 Å². The van der Waals surface area contributed by atoms with Crippen molar-refractivity contribution in [2.24, 2.45) is 0 Å². The number of carbonyl (C=O) groups is 2. The zero-order valence-corrected chi connectivity index (χ0v) is 27.9. The van der Waals surface area contributed by atoms with Crippen molar-refractivity contribution in [1.29, 1.82) is 0 Å². The lowest BCUT2D eigenvalue weighted by Crippen LogP contribution is -2.02. The first-order valence-electron chi connectivity index (χ1n) is 14.1. The molecule has 0 atom stereocenters. The van der Waals surface area contributed by atoms with Gasteiger partial charge < -0.3 is 0 Å². The number of ketones is 1. The summed E-state index contributed by atoms with van der Waals surface area (Å²) < 4.78 is 0. The topological polar surface area (TPSA) is 34.1 Å². The molecule has 2 nitrogen and oxygen atoms in total. The van der Waals surface area contributed by atoms with Crippen LogP contribution >= 0.6 is 27.5 Å². The van der Waals surface area contributed by atoms with Crippen molar-refractivity contribution >= 4 is 38.6 Å². The van der Waals surface area contributed by atoms with Gasteiger partial charge in [0, 0.05) is 22.9 Å². The fourth-order valence-electron chi connectivity index (χ4n) is 2.64. The Bertz CT molecular complexity index is 1050. The van der Waals surface area contributed by atoms with Crippen LogP contribution < -0.4 is 0 Å². The molecule has 0 fully saturated rings. The van der Waals surface area contributed by atoms with Crippen LogP contribution in [-0.2, 0) is 11.8 Å². The quantitative estimate of drug-likeness (QED) is 0.125.